The molecular formula is C9H6BrIN2O. The summed E-state index contributed by atoms with van der Waals surface area (Å²) in [6.07, 6.45) is 0. The Hall–Kier alpha value is -0.560. The number of hydrogen-bond acceptors (Lipinski definition) is 3. The van der Waals surface area contributed by atoms with Gasteiger partial charge in [0.25, 0.3) is 0 Å². The van der Waals surface area contributed by atoms with Crippen LogP contribution in [0.15, 0.2) is 33.3 Å². The van der Waals surface area contributed by atoms with Crippen molar-refractivity contribution in [2.75, 3.05) is 5.73 Å². The monoisotopic (exact) mass is 364 g/mol. The molecule has 0 saturated carbocycles. The van der Waals surface area contributed by atoms with Crippen LogP contribution in [-0.2, 0) is 0 Å². The molecule has 0 aliphatic rings. The van der Waals surface area contributed by atoms with E-state index in [0.29, 0.717) is 11.6 Å². The van der Waals surface area contributed by atoms with Crippen LogP contribution in [0.2, 0.25) is 0 Å². The molecule has 0 radical (unpaired) electrons. The predicted molar refractivity (Wildman–Crippen MR) is 66.8 cm³/mol. The van der Waals surface area contributed by atoms with Gasteiger partial charge in [-0.1, -0.05) is 21.1 Å². The molecule has 2 N–H and O–H groups in total. The Labute approximate surface area is 103 Å². The molecule has 0 fully saturated rings. The molecule has 0 amide bonds. The summed E-state index contributed by atoms with van der Waals surface area (Å²) in [4.78, 5) is 0. The quantitative estimate of drug-likeness (QED) is 0.790. The molecule has 2 aromatic rings. The maximum absolute atomic E-state index is 5.48. The summed E-state index contributed by atoms with van der Waals surface area (Å²) >= 11 is 5.69. The van der Waals surface area contributed by atoms with Gasteiger partial charge in [0.05, 0.1) is 0 Å². The van der Waals surface area contributed by atoms with Crippen molar-refractivity contribution in [3.63, 3.8) is 0 Å². The van der Waals surface area contributed by atoms with Crippen molar-refractivity contribution in [1.29, 1.82) is 0 Å². The molecule has 0 bridgehead atoms. The number of nitrogen functional groups attached to an aromatic ring is 1. The number of nitrogens with two attached hydrogens (primary N) is 1. The zero-order valence-corrected chi connectivity index (χ0v) is 10.7. The van der Waals surface area contributed by atoms with Gasteiger partial charge in [-0.15, -0.1) is 0 Å². The van der Waals surface area contributed by atoms with Gasteiger partial charge in [0.1, 0.15) is 0 Å². The van der Waals surface area contributed by atoms with E-state index in [-0.39, 0.29) is 0 Å². The van der Waals surface area contributed by atoms with Crippen LogP contribution >= 0.6 is 38.5 Å². The smallest absolute Gasteiger partial charge is 0.170 e. The summed E-state index contributed by atoms with van der Waals surface area (Å²) in [5, 5.41) is 3.64. The maximum Gasteiger partial charge on any atom is 0.170 e. The molecule has 1 heterocycles. The highest BCUT2D eigenvalue weighted by molar-refractivity contribution is 14.1. The van der Waals surface area contributed by atoms with Crippen LogP contribution in [0, 0.1) is 3.57 Å². The molecule has 0 aliphatic heterocycles. The van der Waals surface area contributed by atoms with E-state index in [2.05, 4.69) is 43.7 Å². The van der Waals surface area contributed by atoms with Gasteiger partial charge < -0.3 is 10.3 Å². The lowest BCUT2D eigenvalue weighted by Crippen LogP contribution is -1.80. The van der Waals surface area contributed by atoms with Gasteiger partial charge in [-0.05, 0) is 40.8 Å². The number of anilines is 1. The second-order valence-electron chi connectivity index (χ2n) is 2.74. The molecule has 0 aliphatic carbocycles. The molecule has 5 heteroatoms. The summed E-state index contributed by atoms with van der Waals surface area (Å²) in [5.41, 5.74) is 6.44. The van der Waals surface area contributed by atoms with E-state index in [0.717, 1.165) is 13.6 Å². The van der Waals surface area contributed by atoms with E-state index in [4.69, 9.17) is 10.3 Å². The summed E-state index contributed by atoms with van der Waals surface area (Å²) in [6.45, 7) is 0. The lowest BCUT2D eigenvalue weighted by molar-refractivity contribution is 0.435. The average Bonchev–Trinajstić information content (AvgIpc) is 2.56. The fourth-order valence-corrected chi connectivity index (χ4v) is 2.04. The third kappa shape index (κ3) is 1.93. The minimum absolute atomic E-state index is 0.394. The average molecular weight is 365 g/mol. The van der Waals surface area contributed by atoms with Crippen LogP contribution in [0.4, 0.5) is 5.82 Å². The fourth-order valence-electron chi connectivity index (χ4n) is 1.10. The van der Waals surface area contributed by atoms with E-state index >= 15 is 0 Å². The Morgan fingerprint density at radius 1 is 1.36 bits per heavy atom. The third-order valence-corrected chi connectivity index (χ3v) is 3.08. The first-order valence-corrected chi connectivity index (χ1v) is 5.71. The number of nitrogens with zero attached hydrogens (tertiary/aromatic N) is 1. The van der Waals surface area contributed by atoms with Crippen molar-refractivity contribution in [3.05, 3.63) is 32.3 Å². The Morgan fingerprint density at radius 3 is 2.79 bits per heavy atom. The second kappa shape index (κ2) is 3.90. The van der Waals surface area contributed by atoms with Crippen molar-refractivity contribution < 1.29 is 4.52 Å². The summed E-state index contributed by atoms with van der Waals surface area (Å²) in [5.74, 6) is 1.07. The zero-order chi connectivity index (χ0) is 10.1. The van der Waals surface area contributed by atoms with Crippen molar-refractivity contribution in [2.45, 2.75) is 0 Å². The number of halogens is 2. The molecule has 3 nitrogen and oxygen atoms in total. The van der Waals surface area contributed by atoms with Crippen LogP contribution in [0.3, 0.4) is 0 Å². The Kier molecular flexibility index (Phi) is 2.78. The molecule has 0 spiro atoms. The van der Waals surface area contributed by atoms with Crippen LogP contribution in [0.5, 0.6) is 0 Å². The van der Waals surface area contributed by atoms with E-state index in [1.165, 1.54) is 0 Å². The first-order chi connectivity index (χ1) is 6.66. The maximum atomic E-state index is 5.48. The predicted octanol–water partition coefficient (Wildman–Crippen LogP) is 3.29. The van der Waals surface area contributed by atoms with Crippen molar-refractivity contribution in [1.82, 2.24) is 5.16 Å². The SMILES string of the molecule is Nc1cc(-c2cc(I)ccc2Br)on1. The highest BCUT2D eigenvalue weighted by Gasteiger charge is 2.08. The topological polar surface area (TPSA) is 52.0 Å². The van der Waals surface area contributed by atoms with Gasteiger partial charge in [0.15, 0.2) is 11.6 Å². The largest absolute Gasteiger partial charge is 0.381 e. The molecular weight excluding hydrogens is 359 g/mol. The lowest BCUT2D eigenvalue weighted by atomic mass is 10.2. The van der Waals surface area contributed by atoms with Gasteiger partial charge >= 0.3 is 0 Å². The second-order valence-corrected chi connectivity index (χ2v) is 4.84. The molecule has 1 aromatic heterocycles. The molecule has 72 valence electrons. The normalized spacial score (nSPS) is 10.4. The summed E-state index contributed by atoms with van der Waals surface area (Å²) in [7, 11) is 0. The number of rotatable bonds is 1. The standard InChI is InChI=1S/C9H6BrIN2O/c10-7-2-1-5(11)3-6(7)8-4-9(12)13-14-8/h1-4H,(H2,12,13). The number of benzene rings is 1. The first kappa shape index (κ1) is 9.97. The minimum atomic E-state index is 0.394. The van der Waals surface area contributed by atoms with Crippen LogP contribution in [0.25, 0.3) is 11.3 Å². The number of hydrogen-bond donors (Lipinski definition) is 1. The molecule has 2 rings (SSSR count). The van der Waals surface area contributed by atoms with Crippen molar-refractivity contribution in [2.24, 2.45) is 0 Å². The van der Waals surface area contributed by atoms with Gasteiger partial charge in [-0.2, -0.15) is 0 Å². The lowest BCUT2D eigenvalue weighted by Gasteiger charge is -1.99. The first-order valence-electron chi connectivity index (χ1n) is 3.84. The zero-order valence-electron chi connectivity index (χ0n) is 7.00. The van der Waals surface area contributed by atoms with Gasteiger partial charge in [0.2, 0.25) is 0 Å². The van der Waals surface area contributed by atoms with E-state index in [9.17, 15) is 0 Å². The Balaban J connectivity index is 2.55. The van der Waals surface area contributed by atoms with Crippen LogP contribution in [-0.4, -0.2) is 5.16 Å². The van der Waals surface area contributed by atoms with Crippen molar-refractivity contribution in [3.8, 4) is 11.3 Å². The Morgan fingerprint density at radius 2 is 2.14 bits per heavy atom. The molecule has 1 aromatic carbocycles. The molecule has 0 atom stereocenters. The Bertz CT molecular complexity index is 470. The molecule has 14 heavy (non-hydrogen) atoms. The minimum Gasteiger partial charge on any atom is -0.381 e. The fraction of sp³-hybridized carbons (Fsp3) is 0. The van der Waals surface area contributed by atoms with Crippen LogP contribution in [0.1, 0.15) is 0 Å². The van der Waals surface area contributed by atoms with E-state index in [1.54, 1.807) is 6.07 Å². The van der Waals surface area contributed by atoms with Crippen molar-refractivity contribution >= 4 is 44.3 Å². The summed E-state index contributed by atoms with van der Waals surface area (Å²) in [6, 6.07) is 7.68. The van der Waals surface area contributed by atoms with Crippen LogP contribution < -0.4 is 5.73 Å². The number of aromatic nitrogens is 1. The van der Waals surface area contributed by atoms with Gasteiger partial charge in [0, 0.05) is 19.7 Å². The van der Waals surface area contributed by atoms with E-state index in [1.807, 2.05) is 18.2 Å². The highest BCUT2D eigenvalue weighted by atomic mass is 127. The molecule has 0 unspecified atom stereocenters. The summed E-state index contributed by atoms with van der Waals surface area (Å²) < 4.78 is 7.18. The third-order valence-electron chi connectivity index (χ3n) is 1.72. The van der Waals surface area contributed by atoms with E-state index < -0.39 is 0 Å². The molecule has 0 saturated heterocycles. The van der Waals surface area contributed by atoms with Gasteiger partial charge in [-0.25, -0.2) is 0 Å². The highest BCUT2D eigenvalue weighted by Crippen LogP contribution is 2.30. The van der Waals surface area contributed by atoms with Gasteiger partial charge in [-0.3, -0.25) is 0 Å².